The van der Waals surface area contributed by atoms with Crippen molar-refractivity contribution in [3.05, 3.63) is 353 Å². The maximum absolute atomic E-state index is 13.0. The fraction of sp³-hybridized carbons (Fsp3) is 0.296. The van der Waals surface area contributed by atoms with Crippen molar-refractivity contribution in [2.75, 3.05) is 157 Å². The fourth-order valence-corrected chi connectivity index (χ4v) is 22.2. The molecular weight excluding hydrogens is 1880 g/mol. The number of nitrogens with two attached hydrogens (primary N) is 4. The molecule has 29 heteroatoms. The Morgan fingerprint density at radius 2 is 0.597 bits per heavy atom. The van der Waals surface area contributed by atoms with Crippen LogP contribution in [0.1, 0.15) is 64.9 Å². The van der Waals surface area contributed by atoms with Crippen LogP contribution in [0.3, 0.4) is 0 Å². The van der Waals surface area contributed by atoms with E-state index in [1.165, 1.54) is 42.0 Å². The second-order valence-electron chi connectivity index (χ2n) is 35.6. The molecule has 10 N–H and O–H groups in total. The molecule has 0 spiro atoms. The first-order valence-electron chi connectivity index (χ1n) is 48.6. The molecule has 0 bridgehead atoms. The molecule has 12 aromatic carbocycles. The van der Waals surface area contributed by atoms with E-state index in [0.717, 1.165) is 166 Å². The van der Waals surface area contributed by atoms with Gasteiger partial charge in [0.25, 0.3) is 0 Å². The Morgan fingerprint density at radius 1 is 0.299 bits per heavy atom. The molecule has 4 fully saturated rings. The molecule has 20 rings (SSSR count). The van der Waals surface area contributed by atoms with Crippen LogP contribution in [-0.4, -0.2) is 272 Å². The summed E-state index contributed by atoms with van der Waals surface area (Å²) in [6, 6.07) is 98.1. The zero-order valence-electron chi connectivity index (χ0n) is 79.6. The molecule has 748 valence electrons. The Labute approximate surface area is 862 Å². The minimum absolute atomic E-state index is 0. The first-order valence-corrected chi connectivity index (χ1v) is 51.9. The van der Waals surface area contributed by atoms with Crippen molar-refractivity contribution in [3.8, 4) is 11.5 Å². The van der Waals surface area contributed by atoms with Gasteiger partial charge in [-0.15, -0.1) is 0 Å². The highest BCUT2D eigenvalue weighted by molar-refractivity contribution is 8.00. The minimum atomic E-state index is -0.673. The smallest absolute Gasteiger partial charge is 0.323 e. The number of esters is 2. The van der Waals surface area contributed by atoms with Gasteiger partial charge < -0.3 is 81.5 Å². The highest BCUT2D eigenvalue weighted by atomic mass is 32.2. The second-order valence-corrected chi connectivity index (χ2v) is 39.9. The molecule has 4 atom stereocenters. The van der Waals surface area contributed by atoms with E-state index in [0.29, 0.717) is 91.4 Å². The van der Waals surface area contributed by atoms with Gasteiger partial charge >= 0.3 is 11.9 Å². The normalized spacial score (nSPS) is 16.0. The number of phenolic OH excluding ortho intramolecular Hbond substituents is 2. The summed E-state index contributed by atoms with van der Waals surface area (Å²) in [6.07, 6.45) is 4.34. The van der Waals surface area contributed by atoms with E-state index in [1.807, 2.05) is 179 Å². The predicted molar refractivity (Wildman–Crippen MR) is 580 cm³/mol. The zero-order chi connectivity index (χ0) is 97.9. The average Bonchev–Trinajstić information content (AvgIpc) is 1.68. The van der Waals surface area contributed by atoms with Crippen LogP contribution < -0.4 is 22.9 Å². The van der Waals surface area contributed by atoms with Gasteiger partial charge in [-0.2, -0.15) is 0 Å². The number of hydrogen-bond donors (Lipinski definition) is 6. The predicted octanol–water partition coefficient (Wildman–Crippen LogP) is 16.9. The van der Waals surface area contributed by atoms with Gasteiger partial charge in [-0.3, -0.25) is 29.0 Å². The Hall–Kier alpha value is -12.9. The number of carbonyl (C=O) groups excluding carboxylic acids is 4. The van der Waals surface area contributed by atoms with Crippen molar-refractivity contribution < 1.29 is 48.3 Å². The molecule has 8 heterocycles. The van der Waals surface area contributed by atoms with Gasteiger partial charge in [0.15, 0.2) is 0 Å². The summed E-state index contributed by atoms with van der Waals surface area (Å²) < 4.78 is 22.0. The summed E-state index contributed by atoms with van der Waals surface area (Å²) in [4.78, 5) is 92.4. The molecule has 8 aliphatic rings. The van der Waals surface area contributed by atoms with Crippen molar-refractivity contribution in [2.24, 2.45) is 37.9 Å². The van der Waals surface area contributed by atoms with E-state index < -0.39 is 36.1 Å². The molecule has 2 amide bonds. The van der Waals surface area contributed by atoms with Crippen LogP contribution in [0, 0.1) is 0 Å². The van der Waals surface area contributed by atoms with Crippen molar-refractivity contribution in [3.63, 3.8) is 0 Å². The Kier molecular flexibility index (Phi) is 38.5. The largest absolute Gasteiger partial charge is 0.508 e. The molecule has 0 aromatic heterocycles. The second kappa shape index (κ2) is 52.6. The highest BCUT2D eigenvalue weighted by Gasteiger charge is 2.34. The van der Waals surface area contributed by atoms with E-state index in [2.05, 4.69) is 157 Å². The Bertz CT molecular complexity index is 6400. The number of rotatable bonds is 25. The lowest BCUT2D eigenvalue weighted by Crippen LogP contribution is -2.54. The molecule has 25 nitrogen and oxygen atoms in total. The molecule has 8 aliphatic heterocycles. The van der Waals surface area contributed by atoms with Crippen LogP contribution in [0.25, 0.3) is 11.8 Å². The topological polar surface area (TPSA) is 313 Å². The molecule has 0 radical (unpaired) electrons. The van der Waals surface area contributed by atoms with E-state index in [4.69, 9.17) is 56.9 Å². The lowest BCUT2D eigenvalue weighted by atomic mass is 10.0. The highest BCUT2D eigenvalue weighted by Crippen LogP contribution is 2.47. The first kappa shape index (κ1) is 105. The number of fused-ring (bicyclic) bond motifs is 8. The third kappa shape index (κ3) is 28.4. The number of nitrogens with zero attached hydrogens (tertiary/aromatic N) is 11. The van der Waals surface area contributed by atoms with Gasteiger partial charge in [-0.05, 0) is 138 Å². The molecule has 0 saturated carbocycles. The minimum Gasteiger partial charge on any atom is -0.508 e. The summed E-state index contributed by atoms with van der Waals surface area (Å²) in [5, 5.41) is 19.9. The summed E-state index contributed by atoms with van der Waals surface area (Å²) in [5.41, 5.74) is 38.5. The van der Waals surface area contributed by atoms with Crippen molar-refractivity contribution in [2.45, 2.75) is 104 Å². The van der Waals surface area contributed by atoms with Crippen molar-refractivity contribution in [1.29, 1.82) is 0 Å². The summed E-state index contributed by atoms with van der Waals surface area (Å²) >= 11 is 6.86. The van der Waals surface area contributed by atoms with Crippen molar-refractivity contribution >= 4 is 117 Å². The van der Waals surface area contributed by atoms with Gasteiger partial charge in [0.1, 0.15) is 54.3 Å². The number of hydrogen-bond acceptors (Lipinski definition) is 27. The molecule has 0 aliphatic carbocycles. The number of amides is 2. The molecule has 4 saturated heterocycles. The number of carbonyl (C=O) groups is 4. The number of piperazine rings is 4. The van der Waals surface area contributed by atoms with Crippen molar-refractivity contribution in [1.82, 2.24) is 39.2 Å². The van der Waals surface area contributed by atoms with Crippen LogP contribution in [0.2, 0.25) is 0 Å². The van der Waals surface area contributed by atoms with Crippen LogP contribution in [0.15, 0.2) is 357 Å². The van der Waals surface area contributed by atoms with E-state index in [9.17, 15) is 29.4 Å². The number of benzene rings is 12. The number of ether oxygens (including phenoxy) is 4. The summed E-state index contributed by atoms with van der Waals surface area (Å²) in [5.74, 6) is 2.67. The average molecular weight is 2010 g/mol. The SMILES string of the molecule is C.C.NC(Cc1ccccc1)C(=O)N1CCN(C2=Cc3ccccc3Sc3ccccc32)CC1.NC(Cc1ccccc1)C(=O)N1CCN(C2=Nc3ccc(O)cc3Sc3ccccc32)CC1.NC(Cc1ccccc1)C(=O)OCCOCCN1CCN(C2=Nc3ccc(O)cc3Sc3ccccc32)CC1.NC(Cc1ccccc1)C(=O)OCCOCCN1CCN(C2=Nc3ccccc3Sc3ccccc32)CC1. The monoisotopic (exact) mass is 2010 g/mol. The maximum atomic E-state index is 13.0. The third-order valence-electron chi connectivity index (χ3n) is 25.7. The quantitative estimate of drug-likeness (QED) is 0.0229. The van der Waals surface area contributed by atoms with E-state index in [1.54, 1.807) is 59.6 Å². The van der Waals surface area contributed by atoms with E-state index in [-0.39, 0.29) is 51.4 Å². The number of aliphatic imine (C=N–C) groups is 3. The van der Waals surface area contributed by atoms with Gasteiger partial charge in [-0.1, -0.05) is 286 Å². The number of phenols is 2. The molecular formula is C115H129N15O10S4. The molecule has 4 unspecified atom stereocenters. The van der Waals surface area contributed by atoms with Crippen LogP contribution >= 0.6 is 47.0 Å². The van der Waals surface area contributed by atoms with E-state index >= 15 is 0 Å². The van der Waals surface area contributed by atoms with Crippen LogP contribution in [0.4, 0.5) is 17.1 Å². The lowest BCUT2D eigenvalue weighted by molar-refractivity contribution is -0.147. The Balaban J connectivity index is 0.000000144. The molecule has 12 aromatic rings. The van der Waals surface area contributed by atoms with Crippen LogP contribution in [0.5, 0.6) is 11.5 Å². The zero-order valence-corrected chi connectivity index (χ0v) is 82.8. The molecule has 144 heavy (non-hydrogen) atoms. The van der Waals surface area contributed by atoms with Gasteiger partial charge in [-0.25, -0.2) is 15.0 Å². The third-order valence-corrected chi connectivity index (χ3v) is 30.3. The maximum Gasteiger partial charge on any atom is 0.323 e. The summed E-state index contributed by atoms with van der Waals surface area (Å²) in [6.45, 7) is 16.8. The number of aromatic hydroxyl groups is 2. The number of amidine groups is 3. The standard InChI is InChI=1S/C30H34N4O4S.C30H34N4O3S.C27H27N3OS.C26H26N4O2S.2CH4/c31-25(20-22-6-2-1-3-7-22)30(36)38-19-18-37-17-16-33-12-14-34(15-13-33)29-24-8-4-5-9-27(24)39-28-21-23(35)10-11-26(28)32-29;31-25(22-23-8-2-1-3-9-23)30(35)37-21-20-36-19-18-33-14-16-34(17-15-33)29-24-10-4-6-12-27(24)38-28-13-7-5-11-26(28)32-29;28-23(18-20-8-2-1-3-9-20)27(31)30-16-14-29(15-17-30)24-19-21-10-4-6-12-25(21)32-26-13-7-5-11-22(24)26;27-21(16-18-6-2-1-3-7-18)26(32)30-14-12-29(13-15-30)25-20-8-4-5-9-23(20)33-24-17-19(31)10-11-22(24)28-25;;/h1-11,21,25,35H,12-20,31H2;1-13,25H,14-22,31H2;1-13,19,23H,14-18,28H2;1-11,17,21,31H,12-16,27H2;2*1H4. The first-order chi connectivity index (χ1) is 69.5. The van der Waals surface area contributed by atoms with Gasteiger partial charge in [0.05, 0.1) is 55.6 Å². The summed E-state index contributed by atoms with van der Waals surface area (Å²) in [7, 11) is 0. The lowest BCUT2D eigenvalue weighted by Gasteiger charge is -2.38. The fourth-order valence-electron chi connectivity index (χ4n) is 18.0. The Morgan fingerprint density at radius 3 is 0.993 bits per heavy atom. The number of para-hydroxylation sites is 1. The van der Waals surface area contributed by atoms with Crippen LogP contribution in [-0.2, 0) is 63.8 Å². The van der Waals surface area contributed by atoms with Gasteiger partial charge in [0, 0.05) is 185 Å². The van der Waals surface area contributed by atoms with Gasteiger partial charge in [0.2, 0.25) is 11.8 Å².